The lowest BCUT2D eigenvalue weighted by Gasteiger charge is -1.97. The van der Waals surface area contributed by atoms with Gasteiger partial charge in [-0.3, -0.25) is 0 Å². The van der Waals surface area contributed by atoms with Crippen LogP contribution in [0.25, 0.3) is 0 Å². The minimum Gasteiger partial charge on any atom is -0.301 e. The van der Waals surface area contributed by atoms with Gasteiger partial charge in [-0.15, -0.1) is 5.10 Å². The van der Waals surface area contributed by atoms with Gasteiger partial charge in [0.1, 0.15) is 0 Å². The summed E-state index contributed by atoms with van der Waals surface area (Å²) in [4.78, 5) is 0. The zero-order chi connectivity index (χ0) is 10.9. The lowest BCUT2D eigenvalue weighted by atomic mass is 10.1. The summed E-state index contributed by atoms with van der Waals surface area (Å²) in [5.41, 5.74) is 1.11. The Labute approximate surface area is 92.1 Å². The summed E-state index contributed by atoms with van der Waals surface area (Å²) in [5.74, 6) is 0. The molecule has 15 heavy (non-hydrogen) atoms. The molecule has 86 valence electrons. The third-order valence-corrected chi connectivity index (χ3v) is 2.44. The number of nitrogens with zero attached hydrogens (tertiary/aromatic N) is 3. The minimum atomic E-state index is 0.739. The highest BCUT2D eigenvalue weighted by Crippen LogP contribution is 2.06. The zero-order valence-electron chi connectivity index (χ0n) is 9.87. The SMILES string of the molecule is CCCCCCCc1cn(CNC)nn1. The average Bonchev–Trinajstić information content (AvgIpc) is 2.66. The van der Waals surface area contributed by atoms with Crippen molar-refractivity contribution in [3.05, 3.63) is 11.9 Å². The van der Waals surface area contributed by atoms with Crippen LogP contribution < -0.4 is 5.32 Å². The summed E-state index contributed by atoms with van der Waals surface area (Å²) < 4.78 is 1.83. The van der Waals surface area contributed by atoms with Crippen molar-refractivity contribution in [3.63, 3.8) is 0 Å². The van der Waals surface area contributed by atoms with Crippen molar-refractivity contribution < 1.29 is 0 Å². The molecule has 0 radical (unpaired) electrons. The number of hydrogen-bond donors (Lipinski definition) is 1. The van der Waals surface area contributed by atoms with Crippen LogP contribution in [-0.4, -0.2) is 22.0 Å². The highest BCUT2D eigenvalue weighted by Gasteiger charge is 1.99. The molecule has 0 atom stereocenters. The molecule has 0 unspecified atom stereocenters. The van der Waals surface area contributed by atoms with E-state index in [1.165, 1.54) is 32.1 Å². The first kappa shape index (κ1) is 12.2. The molecule has 0 spiro atoms. The van der Waals surface area contributed by atoms with E-state index in [0.717, 1.165) is 18.8 Å². The number of aromatic nitrogens is 3. The summed E-state index contributed by atoms with van der Waals surface area (Å²) in [7, 11) is 1.91. The van der Waals surface area contributed by atoms with Gasteiger partial charge < -0.3 is 5.32 Å². The Bertz CT molecular complexity index is 257. The number of hydrogen-bond acceptors (Lipinski definition) is 3. The molecule has 4 heteroatoms. The third kappa shape index (κ3) is 4.93. The first-order valence-electron chi connectivity index (χ1n) is 5.90. The molecule has 1 heterocycles. The Morgan fingerprint density at radius 3 is 2.80 bits per heavy atom. The van der Waals surface area contributed by atoms with E-state index in [1.807, 2.05) is 17.9 Å². The van der Waals surface area contributed by atoms with Gasteiger partial charge >= 0.3 is 0 Å². The summed E-state index contributed by atoms with van der Waals surface area (Å²) in [6, 6.07) is 0. The molecule has 0 aliphatic heterocycles. The van der Waals surface area contributed by atoms with Crippen LogP contribution in [0.15, 0.2) is 6.20 Å². The fourth-order valence-corrected chi connectivity index (χ4v) is 1.60. The van der Waals surface area contributed by atoms with E-state index < -0.39 is 0 Å². The van der Waals surface area contributed by atoms with Gasteiger partial charge in [0.05, 0.1) is 12.4 Å². The van der Waals surface area contributed by atoms with Crippen molar-refractivity contribution in [2.45, 2.75) is 52.1 Å². The van der Waals surface area contributed by atoms with E-state index in [4.69, 9.17) is 0 Å². The molecular formula is C11H22N4. The van der Waals surface area contributed by atoms with Gasteiger partial charge in [0.2, 0.25) is 0 Å². The second-order valence-electron chi connectivity index (χ2n) is 3.93. The standard InChI is InChI=1S/C11H22N4/c1-3-4-5-6-7-8-11-9-15(10-12-2)14-13-11/h9,12H,3-8,10H2,1-2H3. The predicted molar refractivity (Wildman–Crippen MR) is 61.5 cm³/mol. The van der Waals surface area contributed by atoms with E-state index in [2.05, 4.69) is 22.6 Å². The Hall–Kier alpha value is -0.900. The second-order valence-corrected chi connectivity index (χ2v) is 3.93. The number of unbranched alkanes of at least 4 members (excludes halogenated alkanes) is 4. The van der Waals surface area contributed by atoms with Crippen LogP contribution in [0, 0.1) is 0 Å². The molecule has 0 amide bonds. The summed E-state index contributed by atoms with van der Waals surface area (Å²) in [5, 5.41) is 11.2. The fourth-order valence-electron chi connectivity index (χ4n) is 1.60. The van der Waals surface area contributed by atoms with Gasteiger partial charge in [0.25, 0.3) is 0 Å². The van der Waals surface area contributed by atoms with Crippen LogP contribution in [0.4, 0.5) is 0 Å². The van der Waals surface area contributed by atoms with Gasteiger partial charge in [-0.25, -0.2) is 4.68 Å². The quantitative estimate of drug-likeness (QED) is 0.667. The summed E-state index contributed by atoms with van der Waals surface area (Å²) >= 11 is 0. The van der Waals surface area contributed by atoms with Gasteiger partial charge in [0, 0.05) is 6.20 Å². The normalized spacial score (nSPS) is 10.8. The van der Waals surface area contributed by atoms with Crippen LogP contribution in [-0.2, 0) is 13.1 Å². The number of nitrogens with one attached hydrogen (secondary N) is 1. The van der Waals surface area contributed by atoms with E-state index in [9.17, 15) is 0 Å². The molecule has 1 N–H and O–H groups in total. The molecular weight excluding hydrogens is 188 g/mol. The Morgan fingerprint density at radius 1 is 1.27 bits per heavy atom. The van der Waals surface area contributed by atoms with Crippen LogP contribution in [0.5, 0.6) is 0 Å². The Balaban J connectivity index is 2.14. The lowest BCUT2D eigenvalue weighted by molar-refractivity contribution is 0.537. The maximum atomic E-state index is 4.13. The lowest BCUT2D eigenvalue weighted by Crippen LogP contribution is -2.13. The molecule has 0 fully saturated rings. The van der Waals surface area contributed by atoms with Gasteiger partial charge in [0.15, 0.2) is 0 Å². The van der Waals surface area contributed by atoms with Crippen LogP contribution in [0.3, 0.4) is 0 Å². The number of rotatable bonds is 8. The molecule has 1 aromatic rings. The van der Waals surface area contributed by atoms with Crippen LogP contribution in [0.1, 0.15) is 44.7 Å². The molecule has 1 rings (SSSR count). The maximum Gasteiger partial charge on any atom is 0.0919 e. The van der Waals surface area contributed by atoms with Crippen molar-refractivity contribution >= 4 is 0 Å². The maximum absolute atomic E-state index is 4.13. The van der Waals surface area contributed by atoms with E-state index in [1.54, 1.807) is 0 Å². The second kappa shape index (κ2) is 7.40. The van der Waals surface area contributed by atoms with Gasteiger partial charge in [-0.2, -0.15) is 0 Å². The number of aryl methyl sites for hydroxylation is 1. The van der Waals surface area contributed by atoms with E-state index in [0.29, 0.717) is 0 Å². The van der Waals surface area contributed by atoms with Gasteiger partial charge in [-0.05, 0) is 19.9 Å². The molecule has 0 saturated heterocycles. The highest BCUT2D eigenvalue weighted by atomic mass is 15.4. The summed E-state index contributed by atoms with van der Waals surface area (Å²) in [6.07, 6.45) is 9.64. The topological polar surface area (TPSA) is 42.7 Å². The van der Waals surface area contributed by atoms with Crippen molar-refractivity contribution in [2.75, 3.05) is 7.05 Å². The minimum absolute atomic E-state index is 0.739. The average molecular weight is 210 g/mol. The monoisotopic (exact) mass is 210 g/mol. The highest BCUT2D eigenvalue weighted by molar-refractivity contribution is 4.91. The molecule has 0 aliphatic rings. The van der Waals surface area contributed by atoms with Crippen LogP contribution >= 0.6 is 0 Å². The first-order valence-corrected chi connectivity index (χ1v) is 5.90. The summed E-state index contributed by atoms with van der Waals surface area (Å²) in [6.45, 7) is 2.98. The van der Waals surface area contributed by atoms with Crippen molar-refractivity contribution in [1.82, 2.24) is 20.3 Å². The smallest absolute Gasteiger partial charge is 0.0919 e. The largest absolute Gasteiger partial charge is 0.301 e. The molecule has 1 aromatic heterocycles. The Kier molecular flexibility index (Phi) is 6.00. The van der Waals surface area contributed by atoms with Crippen molar-refractivity contribution in [1.29, 1.82) is 0 Å². The van der Waals surface area contributed by atoms with E-state index >= 15 is 0 Å². The first-order chi connectivity index (χ1) is 7.36. The predicted octanol–water partition coefficient (Wildman–Crippen LogP) is 1.97. The molecule has 0 aliphatic carbocycles. The van der Waals surface area contributed by atoms with Gasteiger partial charge in [-0.1, -0.05) is 37.8 Å². The third-order valence-electron chi connectivity index (χ3n) is 2.44. The van der Waals surface area contributed by atoms with E-state index in [-0.39, 0.29) is 0 Å². The Morgan fingerprint density at radius 2 is 2.07 bits per heavy atom. The molecule has 0 saturated carbocycles. The van der Waals surface area contributed by atoms with Crippen molar-refractivity contribution in [2.24, 2.45) is 0 Å². The zero-order valence-corrected chi connectivity index (χ0v) is 9.87. The molecule has 0 bridgehead atoms. The molecule has 4 nitrogen and oxygen atoms in total. The molecule has 0 aromatic carbocycles. The van der Waals surface area contributed by atoms with Crippen LogP contribution in [0.2, 0.25) is 0 Å². The van der Waals surface area contributed by atoms with Crippen molar-refractivity contribution in [3.8, 4) is 0 Å². The fraction of sp³-hybridized carbons (Fsp3) is 0.818.